The second kappa shape index (κ2) is 4.77. The maximum atomic E-state index is 11.4. The number of nitrogens with one attached hydrogen (secondary N) is 1. The minimum absolute atomic E-state index is 0.155. The molecule has 1 saturated carbocycles. The lowest BCUT2D eigenvalue weighted by Gasteiger charge is -2.35. The van der Waals surface area contributed by atoms with Crippen LogP contribution in [-0.4, -0.2) is 11.4 Å². The maximum Gasteiger partial charge on any atom is 0.220 e. The van der Waals surface area contributed by atoms with Crippen molar-refractivity contribution >= 4 is 5.91 Å². The van der Waals surface area contributed by atoms with E-state index in [4.69, 9.17) is 0 Å². The lowest BCUT2D eigenvalue weighted by atomic mass is 9.75. The molecule has 2 nitrogen and oxygen atoms in total. The van der Waals surface area contributed by atoms with Crippen LogP contribution in [0.2, 0.25) is 0 Å². The highest BCUT2D eigenvalue weighted by molar-refractivity contribution is 5.79. The zero-order chi connectivity index (χ0) is 11.6. The lowest BCUT2D eigenvalue weighted by Crippen LogP contribution is -2.43. The van der Waals surface area contributed by atoms with E-state index in [0.29, 0.717) is 0 Å². The zero-order valence-corrected chi connectivity index (χ0v) is 10.7. The molecule has 0 aromatic rings. The van der Waals surface area contributed by atoms with Crippen LogP contribution in [0.5, 0.6) is 0 Å². The van der Waals surface area contributed by atoms with E-state index in [1.807, 2.05) is 0 Å². The number of hydrogen-bond donors (Lipinski definition) is 1. The molecular weight excluding hydrogens is 198 g/mol. The fraction of sp³-hybridized carbons (Fsp3) is 0.929. The van der Waals surface area contributed by atoms with E-state index < -0.39 is 0 Å². The van der Waals surface area contributed by atoms with Gasteiger partial charge >= 0.3 is 0 Å². The summed E-state index contributed by atoms with van der Waals surface area (Å²) >= 11 is 0. The molecule has 0 aromatic heterocycles. The Kier molecular flexibility index (Phi) is 3.56. The minimum Gasteiger partial charge on any atom is -0.351 e. The van der Waals surface area contributed by atoms with Gasteiger partial charge < -0.3 is 5.32 Å². The minimum atomic E-state index is 0.155. The molecule has 92 valence electrons. The summed E-state index contributed by atoms with van der Waals surface area (Å²) < 4.78 is 0. The summed E-state index contributed by atoms with van der Waals surface area (Å²) in [6.45, 7) is 4.58. The molecule has 2 heteroatoms. The van der Waals surface area contributed by atoms with E-state index in [1.54, 1.807) is 0 Å². The molecule has 1 heterocycles. The van der Waals surface area contributed by atoms with Gasteiger partial charge in [0.15, 0.2) is 0 Å². The van der Waals surface area contributed by atoms with Gasteiger partial charge in [-0.25, -0.2) is 0 Å². The van der Waals surface area contributed by atoms with Gasteiger partial charge in [-0.3, -0.25) is 4.79 Å². The SMILES string of the molecule is CCC1(CC2CCC(C)CC2)CCC(=O)N1. The molecule has 1 N–H and O–H groups in total. The fourth-order valence-corrected chi connectivity index (χ4v) is 3.42. The number of carbonyl (C=O) groups is 1. The molecule has 16 heavy (non-hydrogen) atoms. The van der Waals surface area contributed by atoms with Gasteiger partial charge in [-0.05, 0) is 31.1 Å². The molecule has 0 bridgehead atoms. The third-order valence-electron chi connectivity index (χ3n) is 4.73. The highest BCUT2D eigenvalue weighted by Crippen LogP contribution is 2.37. The molecule has 0 radical (unpaired) electrons. The van der Waals surface area contributed by atoms with Crippen LogP contribution in [0.1, 0.15) is 65.2 Å². The molecule has 1 unspecified atom stereocenters. The summed E-state index contributed by atoms with van der Waals surface area (Å²) in [5.74, 6) is 2.05. The molecule has 1 aliphatic heterocycles. The fourth-order valence-electron chi connectivity index (χ4n) is 3.42. The van der Waals surface area contributed by atoms with E-state index >= 15 is 0 Å². The second-order valence-electron chi connectivity index (χ2n) is 6.01. The number of hydrogen-bond acceptors (Lipinski definition) is 1. The predicted octanol–water partition coefficient (Wildman–Crippen LogP) is 3.26. The van der Waals surface area contributed by atoms with Gasteiger partial charge in [0.05, 0.1) is 0 Å². The van der Waals surface area contributed by atoms with E-state index in [-0.39, 0.29) is 11.4 Å². The largest absolute Gasteiger partial charge is 0.351 e. The van der Waals surface area contributed by atoms with Crippen molar-refractivity contribution in [1.82, 2.24) is 5.32 Å². The summed E-state index contributed by atoms with van der Waals surface area (Å²) in [4.78, 5) is 11.4. The van der Waals surface area contributed by atoms with E-state index in [0.717, 1.165) is 31.1 Å². The third kappa shape index (κ3) is 2.58. The quantitative estimate of drug-likeness (QED) is 0.781. The standard InChI is InChI=1S/C14H25NO/c1-3-14(9-8-13(16)15-14)10-12-6-4-11(2)5-7-12/h11-12H,3-10H2,1-2H3,(H,15,16). The first-order valence-corrected chi connectivity index (χ1v) is 6.94. The normalized spacial score (nSPS) is 39.8. The molecule has 1 atom stereocenters. The van der Waals surface area contributed by atoms with Crippen LogP contribution in [0.15, 0.2) is 0 Å². The molecule has 2 rings (SSSR count). The summed E-state index contributed by atoms with van der Waals surface area (Å²) in [5, 5.41) is 3.24. The molecular formula is C14H25NO. The Morgan fingerprint density at radius 3 is 2.50 bits per heavy atom. The Morgan fingerprint density at radius 1 is 1.31 bits per heavy atom. The molecule has 1 amide bonds. The highest BCUT2D eigenvalue weighted by atomic mass is 16.2. The Hall–Kier alpha value is -0.530. The van der Waals surface area contributed by atoms with Crippen LogP contribution < -0.4 is 5.32 Å². The third-order valence-corrected chi connectivity index (χ3v) is 4.73. The van der Waals surface area contributed by atoms with Crippen LogP contribution in [-0.2, 0) is 4.79 Å². The van der Waals surface area contributed by atoms with Crippen LogP contribution in [0.25, 0.3) is 0 Å². The first-order chi connectivity index (χ1) is 7.63. The average Bonchev–Trinajstić information content (AvgIpc) is 2.64. The molecule has 0 spiro atoms. The van der Waals surface area contributed by atoms with Crippen molar-refractivity contribution in [3.8, 4) is 0 Å². The predicted molar refractivity (Wildman–Crippen MR) is 66.1 cm³/mol. The number of amides is 1. The van der Waals surface area contributed by atoms with Gasteiger partial charge in [0.1, 0.15) is 0 Å². The van der Waals surface area contributed by atoms with Crippen molar-refractivity contribution in [3.63, 3.8) is 0 Å². The van der Waals surface area contributed by atoms with Crippen molar-refractivity contribution in [2.45, 2.75) is 70.8 Å². The van der Waals surface area contributed by atoms with E-state index in [9.17, 15) is 4.79 Å². The van der Waals surface area contributed by atoms with Crippen LogP contribution in [0.4, 0.5) is 0 Å². The smallest absolute Gasteiger partial charge is 0.220 e. The summed E-state index contributed by atoms with van der Waals surface area (Å²) in [7, 11) is 0. The van der Waals surface area contributed by atoms with E-state index in [2.05, 4.69) is 19.2 Å². The molecule has 2 fully saturated rings. The summed E-state index contributed by atoms with van der Waals surface area (Å²) in [5.41, 5.74) is 0.155. The van der Waals surface area contributed by atoms with Crippen molar-refractivity contribution in [1.29, 1.82) is 0 Å². The average molecular weight is 223 g/mol. The number of carbonyl (C=O) groups excluding carboxylic acids is 1. The van der Waals surface area contributed by atoms with Gasteiger partial charge in [-0.2, -0.15) is 0 Å². The van der Waals surface area contributed by atoms with Gasteiger partial charge in [0.25, 0.3) is 0 Å². The molecule has 1 saturated heterocycles. The molecule has 0 aromatic carbocycles. The van der Waals surface area contributed by atoms with Crippen molar-refractivity contribution in [2.24, 2.45) is 11.8 Å². The number of rotatable bonds is 3. The monoisotopic (exact) mass is 223 g/mol. The van der Waals surface area contributed by atoms with Gasteiger partial charge in [0, 0.05) is 12.0 Å². The lowest BCUT2D eigenvalue weighted by molar-refractivity contribution is -0.119. The van der Waals surface area contributed by atoms with Gasteiger partial charge in [-0.15, -0.1) is 0 Å². The summed E-state index contributed by atoms with van der Waals surface area (Å²) in [6.07, 6.45) is 9.66. The first kappa shape index (κ1) is 11.9. The van der Waals surface area contributed by atoms with Crippen LogP contribution in [0.3, 0.4) is 0 Å². The molecule has 2 aliphatic rings. The van der Waals surface area contributed by atoms with Crippen molar-refractivity contribution in [3.05, 3.63) is 0 Å². The first-order valence-electron chi connectivity index (χ1n) is 6.94. The second-order valence-corrected chi connectivity index (χ2v) is 6.01. The van der Waals surface area contributed by atoms with Gasteiger partial charge in [0.2, 0.25) is 5.91 Å². The van der Waals surface area contributed by atoms with Gasteiger partial charge in [-0.1, -0.05) is 39.5 Å². The van der Waals surface area contributed by atoms with Crippen molar-refractivity contribution < 1.29 is 4.79 Å². The Labute approximate surface area is 99.2 Å². The molecule has 1 aliphatic carbocycles. The van der Waals surface area contributed by atoms with E-state index in [1.165, 1.54) is 32.1 Å². The van der Waals surface area contributed by atoms with Crippen LogP contribution >= 0.6 is 0 Å². The zero-order valence-electron chi connectivity index (χ0n) is 10.7. The Bertz CT molecular complexity index is 255. The Morgan fingerprint density at radius 2 is 2.00 bits per heavy atom. The maximum absolute atomic E-state index is 11.4. The van der Waals surface area contributed by atoms with Crippen molar-refractivity contribution in [2.75, 3.05) is 0 Å². The summed E-state index contributed by atoms with van der Waals surface area (Å²) in [6, 6.07) is 0. The Balaban J connectivity index is 1.89. The topological polar surface area (TPSA) is 29.1 Å². The van der Waals surface area contributed by atoms with Crippen LogP contribution in [0, 0.1) is 11.8 Å². The highest BCUT2D eigenvalue weighted by Gasteiger charge is 2.38.